The summed E-state index contributed by atoms with van der Waals surface area (Å²) in [6, 6.07) is 8.00. The number of carbonyl (C=O) groups excluding carboxylic acids is 1. The van der Waals surface area contributed by atoms with Crippen molar-refractivity contribution in [1.82, 2.24) is 28.8 Å². The minimum absolute atomic E-state index is 0.0757. The van der Waals surface area contributed by atoms with Gasteiger partial charge in [-0.05, 0) is 44.2 Å². The number of hydrogen-bond donors (Lipinski definition) is 0. The zero-order chi connectivity index (χ0) is 22.2. The van der Waals surface area contributed by atoms with Crippen LogP contribution in [0.2, 0.25) is 5.02 Å². The van der Waals surface area contributed by atoms with Crippen LogP contribution in [-0.2, 0) is 14.8 Å². The molecule has 2 aromatic heterocycles. The molecule has 12 heteroatoms. The summed E-state index contributed by atoms with van der Waals surface area (Å²) >= 11 is 7.09. The van der Waals surface area contributed by atoms with E-state index in [0.29, 0.717) is 29.0 Å². The van der Waals surface area contributed by atoms with E-state index >= 15 is 0 Å². The van der Waals surface area contributed by atoms with E-state index in [0.717, 1.165) is 11.4 Å². The summed E-state index contributed by atoms with van der Waals surface area (Å²) in [5, 5.41) is 5.36. The summed E-state index contributed by atoms with van der Waals surface area (Å²) in [6.07, 6.45) is 0. The number of nitrogens with zero attached hydrogens (tertiary/aromatic N) is 6. The number of sulfonamides is 1. The van der Waals surface area contributed by atoms with E-state index in [-0.39, 0.29) is 29.6 Å². The Labute approximate surface area is 189 Å². The highest BCUT2D eigenvalue weighted by Crippen LogP contribution is 2.21. The number of carbonyl (C=O) groups is 1. The predicted octanol–water partition coefficient (Wildman–Crippen LogP) is 2.02. The van der Waals surface area contributed by atoms with Gasteiger partial charge in [0.1, 0.15) is 0 Å². The Balaban J connectivity index is 1.34. The molecule has 0 aliphatic carbocycles. The van der Waals surface area contributed by atoms with Gasteiger partial charge in [0.15, 0.2) is 0 Å². The third-order valence-electron chi connectivity index (χ3n) is 4.97. The molecule has 1 aliphatic heterocycles. The van der Waals surface area contributed by atoms with Crippen molar-refractivity contribution in [2.24, 2.45) is 0 Å². The van der Waals surface area contributed by atoms with Gasteiger partial charge in [-0.2, -0.15) is 9.29 Å². The first kappa shape index (κ1) is 22.0. The summed E-state index contributed by atoms with van der Waals surface area (Å²) in [5.74, 6) is 0.612. The number of aryl methyl sites for hydroxylation is 2. The smallest absolute Gasteiger partial charge is 0.253 e. The van der Waals surface area contributed by atoms with Crippen LogP contribution in [0.4, 0.5) is 0 Å². The molecule has 4 rings (SSSR count). The maximum Gasteiger partial charge on any atom is 0.253 e. The third kappa shape index (κ3) is 4.69. The van der Waals surface area contributed by atoms with Gasteiger partial charge in [0.2, 0.25) is 21.1 Å². The number of rotatable bonds is 5. The quantitative estimate of drug-likeness (QED) is 0.515. The van der Waals surface area contributed by atoms with Gasteiger partial charge >= 0.3 is 0 Å². The number of amides is 1. The summed E-state index contributed by atoms with van der Waals surface area (Å²) < 4.78 is 28.6. The molecule has 1 amide bonds. The number of piperazine rings is 1. The van der Waals surface area contributed by atoms with Crippen molar-refractivity contribution < 1.29 is 13.2 Å². The molecule has 3 aromatic rings. The largest absolute Gasteiger partial charge is 0.339 e. The molecule has 0 unspecified atom stereocenters. The highest BCUT2D eigenvalue weighted by Gasteiger charge is 2.30. The second-order valence-corrected chi connectivity index (χ2v) is 10.5. The van der Waals surface area contributed by atoms with Gasteiger partial charge in [0.25, 0.3) is 5.78 Å². The molecule has 0 atom stereocenters. The average Bonchev–Trinajstić information content (AvgIpc) is 3.15. The van der Waals surface area contributed by atoms with Crippen molar-refractivity contribution in [3.05, 3.63) is 46.7 Å². The van der Waals surface area contributed by atoms with Gasteiger partial charge < -0.3 is 4.90 Å². The van der Waals surface area contributed by atoms with E-state index in [4.69, 9.17) is 11.6 Å². The Kier molecular flexibility index (Phi) is 6.20. The summed E-state index contributed by atoms with van der Waals surface area (Å²) in [4.78, 5) is 23.2. The summed E-state index contributed by atoms with van der Waals surface area (Å²) in [6.45, 7) is 4.99. The van der Waals surface area contributed by atoms with Gasteiger partial charge in [0, 0.05) is 42.6 Å². The maximum atomic E-state index is 12.8. The van der Waals surface area contributed by atoms with Crippen LogP contribution in [-0.4, -0.2) is 75.0 Å². The van der Waals surface area contributed by atoms with Crippen LogP contribution < -0.4 is 0 Å². The SMILES string of the molecule is Cc1cc(C)n2nc(SCC(=O)N3CCN(S(=O)(=O)c4ccc(Cl)cc4)CC3)nc2n1. The Hall–Kier alpha value is -2.21. The molecule has 1 saturated heterocycles. The molecule has 1 aliphatic rings. The zero-order valence-corrected chi connectivity index (χ0v) is 19.4. The van der Waals surface area contributed by atoms with Crippen molar-refractivity contribution in [2.45, 2.75) is 23.9 Å². The minimum Gasteiger partial charge on any atom is -0.339 e. The third-order valence-corrected chi connectivity index (χ3v) is 7.95. The lowest BCUT2D eigenvalue weighted by molar-refractivity contribution is -0.129. The zero-order valence-electron chi connectivity index (χ0n) is 17.0. The first-order valence-electron chi connectivity index (χ1n) is 9.61. The van der Waals surface area contributed by atoms with Crippen molar-refractivity contribution in [2.75, 3.05) is 31.9 Å². The predicted molar refractivity (Wildman–Crippen MR) is 118 cm³/mol. The van der Waals surface area contributed by atoms with E-state index in [1.807, 2.05) is 19.9 Å². The number of halogens is 1. The monoisotopic (exact) mass is 480 g/mol. The normalized spacial score (nSPS) is 15.5. The Morgan fingerprint density at radius 3 is 2.45 bits per heavy atom. The standard InChI is InChI=1S/C19H21ClN6O3S2/c1-13-11-14(2)26-18(21-13)22-19(23-26)30-12-17(27)24-7-9-25(10-8-24)31(28,29)16-5-3-15(20)4-6-16/h3-6,11H,7-10,12H2,1-2H3. The molecular weight excluding hydrogens is 460 g/mol. The van der Waals surface area contributed by atoms with Crippen LogP contribution in [0.1, 0.15) is 11.4 Å². The summed E-state index contributed by atoms with van der Waals surface area (Å²) in [5.41, 5.74) is 1.78. The fourth-order valence-corrected chi connectivity index (χ4v) is 5.63. The van der Waals surface area contributed by atoms with Crippen LogP contribution in [0.3, 0.4) is 0 Å². The van der Waals surface area contributed by atoms with Crippen LogP contribution in [0.15, 0.2) is 40.4 Å². The maximum absolute atomic E-state index is 12.8. The molecule has 0 saturated carbocycles. The van der Waals surface area contributed by atoms with Crippen LogP contribution in [0.25, 0.3) is 5.78 Å². The first-order chi connectivity index (χ1) is 14.7. The van der Waals surface area contributed by atoms with E-state index < -0.39 is 10.0 Å². The second-order valence-electron chi connectivity index (χ2n) is 7.17. The molecule has 3 heterocycles. The van der Waals surface area contributed by atoms with Crippen LogP contribution in [0, 0.1) is 13.8 Å². The number of hydrogen-bond acceptors (Lipinski definition) is 7. The minimum atomic E-state index is -3.60. The van der Waals surface area contributed by atoms with E-state index in [1.165, 1.54) is 28.2 Å². The molecular formula is C19H21ClN6O3S2. The van der Waals surface area contributed by atoms with Crippen molar-refractivity contribution in [1.29, 1.82) is 0 Å². The number of fused-ring (bicyclic) bond motifs is 1. The Morgan fingerprint density at radius 2 is 1.77 bits per heavy atom. The number of aromatic nitrogens is 4. The molecule has 0 spiro atoms. The number of benzene rings is 1. The molecule has 164 valence electrons. The van der Waals surface area contributed by atoms with Gasteiger partial charge in [-0.3, -0.25) is 4.79 Å². The Morgan fingerprint density at radius 1 is 1.10 bits per heavy atom. The highest BCUT2D eigenvalue weighted by atomic mass is 35.5. The lowest BCUT2D eigenvalue weighted by atomic mass is 10.3. The molecule has 31 heavy (non-hydrogen) atoms. The average molecular weight is 481 g/mol. The lowest BCUT2D eigenvalue weighted by Gasteiger charge is -2.34. The second kappa shape index (κ2) is 8.73. The van der Waals surface area contributed by atoms with Crippen LogP contribution >= 0.6 is 23.4 Å². The van der Waals surface area contributed by atoms with Gasteiger partial charge in [0.05, 0.1) is 10.6 Å². The first-order valence-corrected chi connectivity index (χ1v) is 12.4. The lowest BCUT2D eigenvalue weighted by Crippen LogP contribution is -2.50. The summed E-state index contributed by atoms with van der Waals surface area (Å²) in [7, 11) is -3.60. The van der Waals surface area contributed by atoms with Gasteiger partial charge in [-0.1, -0.05) is 23.4 Å². The molecule has 1 aromatic carbocycles. The fraction of sp³-hybridized carbons (Fsp3) is 0.368. The van der Waals surface area contributed by atoms with Crippen molar-refractivity contribution >= 4 is 45.1 Å². The Bertz CT molecular complexity index is 1220. The molecule has 1 fully saturated rings. The van der Waals surface area contributed by atoms with Gasteiger partial charge in [-0.25, -0.2) is 17.9 Å². The molecule has 0 radical (unpaired) electrons. The van der Waals surface area contributed by atoms with Gasteiger partial charge in [-0.15, -0.1) is 5.10 Å². The van der Waals surface area contributed by atoms with Crippen molar-refractivity contribution in [3.63, 3.8) is 0 Å². The van der Waals surface area contributed by atoms with Crippen LogP contribution in [0.5, 0.6) is 0 Å². The topological polar surface area (TPSA) is 101 Å². The molecule has 0 N–H and O–H groups in total. The highest BCUT2D eigenvalue weighted by molar-refractivity contribution is 7.99. The van der Waals surface area contributed by atoms with E-state index in [1.54, 1.807) is 21.5 Å². The van der Waals surface area contributed by atoms with E-state index in [9.17, 15) is 13.2 Å². The number of thioether (sulfide) groups is 1. The molecule has 9 nitrogen and oxygen atoms in total. The van der Waals surface area contributed by atoms with E-state index in [2.05, 4.69) is 15.1 Å². The molecule has 0 bridgehead atoms. The van der Waals surface area contributed by atoms with Crippen molar-refractivity contribution in [3.8, 4) is 0 Å². The fourth-order valence-electron chi connectivity index (χ4n) is 3.36.